The van der Waals surface area contributed by atoms with Crippen molar-refractivity contribution in [2.75, 3.05) is 0 Å². The minimum absolute atomic E-state index is 0.0419. The summed E-state index contributed by atoms with van der Waals surface area (Å²) in [6.45, 7) is 5.49. The number of halogens is 1. The van der Waals surface area contributed by atoms with Crippen LogP contribution < -0.4 is 0 Å². The number of hydrogen-bond acceptors (Lipinski definition) is 5. The number of aromatic nitrogens is 4. The summed E-state index contributed by atoms with van der Waals surface area (Å²) in [5.41, 5.74) is 0.839. The molecular formula is C11H12ClN5O2. The lowest BCUT2D eigenvalue weighted by molar-refractivity contribution is -0.385. The zero-order chi connectivity index (χ0) is 14.2. The van der Waals surface area contributed by atoms with E-state index in [4.69, 9.17) is 11.6 Å². The third-order valence-corrected chi connectivity index (χ3v) is 2.78. The molecule has 100 valence electrons. The molecule has 2 rings (SSSR count). The molecular weight excluding hydrogens is 270 g/mol. The van der Waals surface area contributed by atoms with Crippen LogP contribution in [0.3, 0.4) is 0 Å². The maximum atomic E-state index is 11.1. The van der Waals surface area contributed by atoms with Gasteiger partial charge in [0, 0.05) is 6.20 Å². The van der Waals surface area contributed by atoms with Crippen LogP contribution >= 0.6 is 11.6 Å². The molecule has 0 unspecified atom stereocenters. The lowest BCUT2D eigenvalue weighted by Crippen LogP contribution is -2.08. The topological polar surface area (TPSA) is 86.7 Å². The van der Waals surface area contributed by atoms with Crippen molar-refractivity contribution in [2.45, 2.75) is 26.7 Å². The van der Waals surface area contributed by atoms with Gasteiger partial charge in [0.1, 0.15) is 5.69 Å². The van der Waals surface area contributed by atoms with E-state index in [0.29, 0.717) is 0 Å². The smallest absolute Gasteiger partial charge is 0.258 e. The second-order valence-corrected chi connectivity index (χ2v) is 4.69. The van der Waals surface area contributed by atoms with Gasteiger partial charge in [-0.1, -0.05) is 13.8 Å². The molecule has 0 saturated carbocycles. The third kappa shape index (κ3) is 2.55. The van der Waals surface area contributed by atoms with Crippen LogP contribution in [0, 0.1) is 17.0 Å². The summed E-state index contributed by atoms with van der Waals surface area (Å²) in [5.74, 6) is 0.299. The Morgan fingerprint density at radius 3 is 2.63 bits per heavy atom. The number of rotatable bonds is 3. The summed E-state index contributed by atoms with van der Waals surface area (Å²) < 4.78 is 1.36. The Hall–Kier alpha value is -2.02. The van der Waals surface area contributed by atoms with E-state index in [1.165, 1.54) is 11.6 Å². The highest BCUT2D eigenvalue weighted by Gasteiger charge is 2.24. The maximum Gasteiger partial charge on any atom is 0.334 e. The van der Waals surface area contributed by atoms with E-state index in [9.17, 15) is 10.1 Å². The Labute approximate surface area is 114 Å². The zero-order valence-corrected chi connectivity index (χ0v) is 11.4. The zero-order valence-electron chi connectivity index (χ0n) is 10.7. The van der Waals surface area contributed by atoms with Crippen molar-refractivity contribution in [3.05, 3.63) is 39.0 Å². The van der Waals surface area contributed by atoms with E-state index in [1.807, 2.05) is 13.8 Å². The lowest BCUT2D eigenvalue weighted by atomic mass is 10.1. The molecule has 0 spiro atoms. The highest BCUT2D eigenvalue weighted by atomic mass is 35.5. The van der Waals surface area contributed by atoms with Crippen LogP contribution in [0.2, 0.25) is 5.28 Å². The first-order valence-corrected chi connectivity index (χ1v) is 6.02. The fourth-order valence-corrected chi connectivity index (χ4v) is 1.86. The lowest BCUT2D eigenvalue weighted by Gasteiger charge is -2.05. The molecule has 2 aromatic rings. The van der Waals surface area contributed by atoms with E-state index in [1.54, 1.807) is 12.3 Å². The van der Waals surface area contributed by atoms with Gasteiger partial charge in [-0.05, 0) is 30.5 Å². The molecule has 0 fully saturated rings. The number of nitrogens with zero attached hydrogens (tertiary/aromatic N) is 5. The predicted molar refractivity (Wildman–Crippen MR) is 69.6 cm³/mol. The SMILES string of the molecule is Cc1nc(Cl)nc(-n2ccc(C(C)C)n2)c1[N+](=O)[O-]. The fourth-order valence-electron chi connectivity index (χ4n) is 1.66. The molecule has 2 heterocycles. The molecule has 0 aliphatic carbocycles. The van der Waals surface area contributed by atoms with Gasteiger partial charge < -0.3 is 0 Å². The first kappa shape index (κ1) is 13.4. The van der Waals surface area contributed by atoms with Gasteiger partial charge in [-0.15, -0.1) is 0 Å². The second-order valence-electron chi connectivity index (χ2n) is 4.35. The Balaban J connectivity index is 2.63. The van der Waals surface area contributed by atoms with E-state index < -0.39 is 4.92 Å². The highest BCUT2D eigenvalue weighted by Crippen LogP contribution is 2.25. The van der Waals surface area contributed by atoms with Crippen LogP contribution in [-0.4, -0.2) is 24.7 Å². The van der Waals surface area contributed by atoms with Crippen molar-refractivity contribution in [3.63, 3.8) is 0 Å². The monoisotopic (exact) mass is 281 g/mol. The number of aryl methyl sites for hydroxylation is 1. The van der Waals surface area contributed by atoms with Crippen LogP contribution in [0.15, 0.2) is 12.3 Å². The van der Waals surface area contributed by atoms with Gasteiger partial charge >= 0.3 is 5.69 Å². The van der Waals surface area contributed by atoms with Crippen LogP contribution in [0.5, 0.6) is 0 Å². The Morgan fingerprint density at radius 1 is 1.42 bits per heavy atom. The average molecular weight is 282 g/mol. The van der Waals surface area contributed by atoms with Gasteiger partial charge in [0.2, 0.25) is 11.1 Å². The van der Waals surface area contributed by atoms with Crippen LogP contribution in [0.1, 0.15) is 31.2 Å². The molecule has 0 amide bonds. The first-order valence-electron chi connectivity index (χ1n) is 5.64. The summed E-state index contributed by atoms with van der Waals surface area (Å²) in [7, 11) is 0. The maximum absolute atomic E-state index is 11.1. The Kier molecular flexibility index (Phi) is 3.48. The first-order chi connectivity index (χ1) is 8.90. The summed E-state index contributed by atoms with van der Waals surface area (Å²) >= 11 is 5.76. The van der Waals surface area contributed by atoms with Crippen molar-refractivity contribution >= 4 is 17.3 Å². The van der Waals surface area contributed by atoms with Crippen molar-refractivity contribution in [2.24, 2.45) is 0 Å². The third-order valence-electron chi connectivity index (χ3n) is 2.61. The molecule has 2 aromatic heterocycles. The van der Waals surface area contributed by atoms with Gasteiger partial charge in [-0.2, -0.15) is 10.1 Å². The molecule has 19 heavy (non-hydrogen) atoms. The van der Waals surface area contributed by atoms with E-state index >= 15 is 0 Å². The quantitative estimate of drug-likeness (QED) is 0.490. The standard InChI is InChI=1S/C11H12ClN5O2/c1-6(2)8-4-5-16(15-8)10-9(17(18)19)7(3)13-11(12)14-10/h4-6H,1-3H3. The molecule has 0 bridgehead atoms. The normalized spacial score (nSPS) is 11.0. The van der Waals surface area contributed by atoms with Gasteiger partial charge in [0.15, 0.2) is 0 Å². The van der Waals surface area contributed by atoms with Crippen molar-refractivity contribution in [3.8, 4) is 5.82 Å². The highest BCUT2D eigenvalue weighted by molar-refractivity contribution is 6.28. The summed E-state index contributed by atoms with van der Waals surface area (Å²) in [4.78, 5) is 18.3. The molecule has 7 nitrogen and oxygen atoms in total. The Bertz CT molecular complexity index is 638. The molecule has 0 aliphatic heterocycles. The van der Waals surface area contributed by atoms with Crippen LogP contribution in [-0.2, 0) is 0 Å². The number of hydrogen-bond donors (Lipinski definition) is 0. The molecule has 8 heteroatoms. The molecule has 0 aliphatic rings. The van der Waals surface area contributed by atoms with Crippen molar-refractivity contribution < 1.29 is 4.92 Å². The summed E-state index contributed by atoms with van der Waals surface area (Å²) in [6.07, 6.45) is 1.63. The largest absolute Gasteiger partial charge is 0.334 e. The van der Waals surface area contributed by atoms with Crippen molar-refractivity contribution in [1.29, 1.82) is 0 Å². The fraction of sp³-hybridized carbons (Fsp3) is 0.364. The number of nitro groups is 1. The molecule has 0 N–H and O–H groups in total. The molecule has 0 atom stereocenters. The average Bonchev–Trinajstić information content (AvgIpc) is 2.76. The minimum Gasteiger partial charge on any atom is -0.258 e. The Morgan fingerprint density at radius 2 is 2.11 bits per heavy atom. The van der Waals surface area contributed by atoms with Crippen LogP contribution in [0.4, 0.5) is 5.69 Å². The van der Waals surface area contributed by atoms with Gasteiger partial charge in [-0.25, -0.2) is 9.67 Å². The summed E-state index contributed by atoms with van der Waals surface area (Å²) in [5, 5.41) is 15.3. The van der Waals surface area contributed by atoms with E-state index in [0.717, 1.165) is 5.69 Å². The molecule has 0 radical (unpaired) electrons. The molecule has 0 saturated heterocycles. The predicted octanol–water partition coefficient (Wildman–Crippen LogP) is 2.66. The second kappa shape index (κ2) is 4.93. The van der Waals surface area contributed by atoms with Crippen molar-refractivity contribution in [1.82, 2.24) is 19.7 Å². The van der Waals surface area contributed by atoms with Gasteiger partial charge in [-0.3, -0.25) is 10.1 Å². The van der Waals surface area contributed by atoms with Gasteiger partial charge in [0.25, 0.3) is 0 Å². The molecule has 0 aromatic carbocycles. The minimum atomic E-state index is -0.530. The summed E-state index contributed by atoms with van der Waals surface area (Å²) in [6, 6.07) is 1.79. The van der Waals surface area contributed by atoms with E-state index in [-0.39, 0.29) is 28.4 Å². The van der Waals surface area contributed by atoms with Crippen LogP contribution in [0.25, 0.3) is 5.82 Å². The van der Waals surface area contributed by atoms with Gasteiger partial charge in [0.05, 0.1) is 10.6 Å². The van der Waals surface area contributed by atoms with E-state index in [2.05, 4.69) is 15.1 Å².